The molecule has 1 fully saturated rings. The number of benzene rings is 1. The Morgan fingerprint density at radius 3 is 2.54 bits per heavy atom. The van der Waals surface area contributed by atoms with Crippen molar-refractivity contribution in [3.8, 4) is 6.07 Å². The molecule has 1 aromatic carbocycles. The predicted molar refractivity (Wildman–Crippen MR) is 99.7 cm³/mol. The highest BCUT2D eigenvalue weighted by Gasteiger charge is 2.22. The molecule has 0 N–H and O–H groups in total. The van der Waals surface area contributed by atoms with Crippen molar-refractivity contribution in [1.29, 1.82) is 5.26 Å². The van der Waals surface area contributed by atoms with Crippen LogP contribution in [0, 0.1) is 17.2 Å². The zero-order valence-electron chi connectivity index (χ0n) is 15.2. The minimum absolute atomic E-state index is 0.328. The second kappa shape index (κ2) is 10.2. The lowest BCUT2D eigenvalue weighted by atomic mass is 9.77. The van der Waals surface area contributed by atoms with Crippen molar-refractivity contribution in [3.05, 3.63) is 47.7 Å². The van der Waals surface area contributed by atoms with Crippen molar-refractivity contribution in [2.24, 2.45) is 5.92 Å². The summed E-state index contributed by atoms with van der Waals surface area (Å²) in [4.78, 5) is 0. The van der Waals surface area contributed by atoms with Crippen LogP contribution in [-0.2, 0) is 4.74 Å². The summed E-state index contributed by atoms with van der Waals surface area (Å²) in [6.45, 7) is 4.36. The second-order valence-electron chi connectivity index (χ2n) is 7.14. The Bertz CT molecular complexity index is 532. The lowest BCUT2D eigenvalue weighted by molar-refractivity contribution is 0.138. The summed E-state index contributed by atoms with van der Waals surface area (Å²) in [5.41, 5.74) is 2.17. The Kier molecular flexibility index (Phi) is 7.89. The molecule has 0 bridgehead atoms. The van der Waals surface area contributed by atoms with Gasteiger partial charge in [0.1, 0.15) is 0 Å². The quantitative estimate of drug-likeness (QED) is 0.523. The summed E-state index contributed by atoms with van der Waals surface area (Å²) in [5, 5.41) is 8.89. The fourth-order valence-corrected chi connectivity index (χ4v) is 3.58. The Morgan fingerprint density at radius 1 is 1.21 bits per heavy atom. The van der Waals surface area contributed by atoms with Crippen molar-refractivity contribution < 1.29 is 4.74 Å². The van der Waals surface area contributed by atoms with Crippen molar-refractivity contribution in [3.63, 3.8) is 0 Å². The molecular formula is C22H31NO. The third kappa shape index (κ3) is 6.04. The number of hydrogen-bond donors (Lipinski definition) is 0. The molecule has 0 spiro atoms. The van der Waals surface area contributed by atoms with E-state index >= 15 is 0 Å². The van der Waals surface area contributed by atoms with Crippen LogP contribution >= 0.6 is 0 Å². The van der Waals surface area contributed by atoms with Crippen LogP contribution in [0.1, 0.15) is 82.3 Å². The van der Waals surface area contributed by atoms with Gasteiger partial charge in [0.15, 0.2) is 0 Å². The summed E-state index contributed by atoms with van der Waals surface area (Å²) >= 11 is 0. The van der Waals surface area contributed by atoms with Crippen molar-refractivity contribution in [2.75, 3.05) is 0 Å². The molecule has 0 amide bonds. The molecule has 1 aliphatic rings. The molecule has 1 aliphatic carbocycles. The summed E-state index contributed by atoms with van der Waals surface area (Å²) in [5.74, 6) is 1.53. The molecule has 1 aromatic rings. The number of ether oxygens (including phenoxy) is 1. The number of unbranched alkanes of at least 4 members (excludes halogenated alkanes) is 1. The Balaban J connectivity index is 1.68. The van der Waals surface area contributed by atoms with E-state index in [4.69, 9.17) is 10.00 Å². The van der Waals surface area contributed by atoms with Gasteiger partial charge in [-0.05, 0) is 87.5 Å². The summed E-state index contributed by atoms with van der Waals surface area (Å²) in [6, 6.07) is 10.4. The monoisotopic (exact) mass is 325 g/mol. The van der Waals surface area contributed by atoms with Gasteiger partial charge in [-0.3, -0.25) is 0 Å². The SMILES string of the molecule is CCC/C=C/OC(C)CCC1CCC(c2ccc(C#N)cc2)CC1. The third-order valence-corrected chi connectivity index (χ3v) is 5.20. The van der Waals surface area contributed by atoms with Crippen LogP contribution < -0.4 is 0 Å². The molecule has 2 nitrogen and oxygen atoms in total. The zero-order chi connectivity index (χ0) is 17.2. The number of nitriles is 1. The first-order valence-electron chi connectivity index (χ1n) is 9.53. The van der Waals surface area contributed by atoms with Gasteiger partial charge in [-0.1, -0.05) is 25.5 Å². The van der Waals surface area contributed by atoms with Gasteiger partial charge in [0.2, 0.25) is 0 Å². The maximum atomic E-state index is 8.89. The lowest BCUT2D eigenvalue weighted by Crippen LogP contribution is -2.15. The standard InChI is InChI=1S/C22H31NO/c1-3-4-5-16-24-18(2)6-7-19-8-12-21(13-9-19)22-14-10-20(17-23)11-15-22/h5,10-11,14-16,18-19,21H,3-4,6-9,12-13H2,1-2H3/b16-5+. The molecule has 0 radical (unpaired) electrons. The average Bonchev–Trinajstić information content (AvgIpc) is 2.64. The molecule has 2 rings (SSSR count). The molecule has 0 aromatic heterocycles. The highest BCUT2D eigenvalue weighted by atomic mass is 16.5. The third-order valence-electron chi connectivity index (χ3n) is 5.20. The average molecular weight is 325 g/mol. The van der Waals surface area contributed by atoms with Crippen LogP contribution in [-0.4, -0.2) is 6.10 Å². The van der Waals surface area contributed by atoms with Gasteiger partial charge in [-0.15, -0.1) is 0 Å². The lowest BCUT2D eigenvalue weighted by Gasteiger charge is -2.29. The van der Waals surface area contributed by atoms with E-state index in [2.05, 4.69) is 38.1 Å². The fraction of sp³-hybridized carbons (Fsp3) is 0.591. The van der Waals surface area contributed by atoms with Gasteiger partial charge in [-0.2, -0.15) is 5.26 Å². The van der Waals surface area contributed by atoms with Crippen molar-refractivity contribution >= 4 is 0 Å². The van der Waals surface area contributed by atoms with Crippen LogP contribution in [0.2, 0.25) is 0 Å². The minimum atomic E-state index is 0.328. The molecule has 0 saturated heterocycles. The van der Waals surface area contributed by atoms with Crippen molar-refractivity contribution in [2.45, 2.75) is 77.2 Å². The normalized spacial score (nSPS) is 22.2. The smallest absolute Gasteiger partial charge is 0.0991 e. The molecule has 2 heteroatoms. The first-order valence-corrected chi connectivity index (χ1v) is 9.53. The van der Waals surface area contributed by atoms with Gasteiger partial charge in [-0.25, -0.2) is 0 Å². The molecule has 1 saturated carbocycles. The molecule has 1 unspecified atom stereocenters. The Labute approximate surface area is 147 Å². The van der Waals surface area contributed by atoms with Crippen molar-refractivity contribution in [1.82, 2.24) is 0 Å². The van der Waals surface area contributed by atoms with E-state index < -0.39 is 0 Å². The highest BCUT2D eigenvalue weighted by Crippen LogP contribution is 2.37. The first-order chi connectivity index (χ1) is 11.7. The maximum absolute atomic E-state index is 8.89. The number of nitrogens with zero attached hydrogens (tertiary/aromatic N) is 1. The summed E-state index contributed by atoms with van der Waals surface area (Å²) in [7, 11) is 0. The van der Waals surface area contributed by atoms with Crippen LogP contribution in [0.25, 0.3) is 0 Å². The van der Waals surface area contributed by atoms with E-state index in [1.807, 2.05) is 18.4 Å². The largest absolute Gasteiger partial charge is 0.499 e. The predicted octanol–water partition coefficient (Wildman–Crippen LogP) is 6.33. The van der Waals surface area contributed by atoms with Gasteiger partial charge in [0.05, 0.1) is 24.0 Å². The van der Waals surface area contributed by atoms with Crippen LogP contribution in [0.4, 0.5) is 0 Å². The fourth-order valence-electron chi connectivity index (χ4n) is 3.58. The van der Waals surface area contributed by atoms with Gasteiger partial charge in [0, 0.05) is 0 Å². The summed E-state index contributed by atoms with van der Waals surface area (Å²) < 4.78 is 5.74. The van der Waals surface area contributed by atoms with E-state index in [1.165, 1.54) is 44.1 Å². The van der Waals surface area contributed by atoms with E-state index in [1.54, 1.807) is 0 Å². The highest BCUT2D eigenvalue weighted by molar-refractivity contribution is 5.33. The molecule has 0 aliphatic heterocycles. The van der Waals surface area contributed by atoms with E-state index in [0.29, 0.717) is 12.0 Å². The second-order valence-corrected chi connectivity index (χ2v) is 7.14. The summed E-state index contributed by atoms with van der Waals surface area (Å²) in [6.07, 6.45) is 14.3. The van der Waals surface area contributed by atoms with Crippen LogP contribution in [0.5, 0.6) is 0 Å². The van der Waals surface area contributed by atoms with Gasteiger partial charge >= 0.3 is 0 Å². The maximum Gasteiger partial charge on any atom is 0.0991 e. The van der Waals surface area contributed by atoms with Gasteiger partial charge < -0.3 is 4.74 Å². The van der Waals surface area contributed by atoms with Gasteiger partial charge in [0.25, 0.3) is 0 Å². The van der Waals surface area contributed by atoms with Crippen LogP contribution in [0.15, 0.2) is 36.6 Å². The number of allylic oxidation sites excluding steroid dienone is 1. The van der Waals surface area contributed by atoms with E-state index in [0.717, 1.165) is 24.3 Å². The topological polar surface area (TPSA) is 33.0 Å². The zero-order valence-corrected chi connectivity index (χ0v) is 15.2. The van der Waals surface area contributed by atoms with E-state index in [-0.39, 0.29) is 0 Å². The minimum Gasteiger partial charge on any atom is -0.499 e. The van der Waals surface area contributed by atoms with E-state index in [9.17, 15) is 0 Å². The first kappa shape index (κ1) is 18.6. The molecule has 130 valence electrons. The molecule has 0 heterocycles. The molecule has 24 heavy (non-hydrogen) atoms. The van der Waals surface area contributed by atoms with Crippen LogP contribution in [0.3, 0.4) is 0 Å². The molecule has 1 atom stereocenters. The number of hydrogen-bond acceptors (Lipinski definition) is 2. The molecular weight excluding hydrogens is 294 g/mol. The number of rotatable bonds is 8. The Morgan fingerprint density at radius 2 is 1.92 bits per heavy atom. The Hall–Kier alpha value is -1.75.